The number of hydrogen-bond donors (Lipinski definition) is 2. The van der Waals surface area contributed by atoms with Crippen molar-refractivity contribution >= 4 is 11.6 Å². The van der Waals surface area contributed by atoms with Gasteiger partial charge in [-0.2, -0.15) is 0 Å². The van der Waals surface area contributed by atoms with Crippen molar-refractivity contribution in [1.82, 2.24) is 0 Å². The summed E-state index contributed by atoms with van der Waals surface area (Å²) in [6, 6.07) is 14.1. The minimum Gasteiger partial charge on any atom is -0.508 e. The fourth-order valence-corrected chi connectivity index (χ4v) is 1.85. The van der Waals surface area contributed by atoms with Crippen molar-refractivity contribution in [3.8, 4) is 5.75 Å². The zero-order chi connectivity index (χ0) is 12.3. The van der Waals surface area contributed by atoms with E-state index in [9.17, 15) is 10.2 Å². The molecule has 0 aliphatic heterocycles. The summed E-state index contributed by atoms with van der Waals surface area (Å²) < 4.78 is 0. The van der Waals surface area contributed by atoms with Crippen molar-refractivity contribution in [3.63, 3.8) is 0 Å². The van der Waals surface area contributed by atoms with Crippen molar-refractivity contribution in [2.24, 2.45) is 0 Å². The lowest BCUT2D eigenvalue weighted by Crippen LogP contribution is -2.01. The molecule has 3 heteroatoms. The molecule has 0 heterocycles. The van der Waals surface area contributed by atoms with E-state index in [0.717, 1.165) is 5.56 Å². The summed E-state index contributed by atoms with van der Waals surface area (Å²) in [6.07, 6.45) is -0.258. The molecule has 0 aliphatic rings. The second kappa shape index (κ2) is 5.21. The molecular formula is C14H13ClO2. The van der Waals surface area contributed by atoms with Gasteiger partial charge in [0.25, 0.3) is 0 Å². The van der Waals surface area contributed by atoms with E-state index in [1.807, 2.05) is 12.1 Å². The van der Waals surface area contributed by atoms with E-state index in [0.29, 0.717) is 17.0 Å². The van der Waals surface area contributed by atoms with Crippen LogP contribution in [0, 0.1) is 0 Å². The van der Waals surface area contributed by atoms with Crippen molar-refractivity contribution < 1.29 is 10.2 Å². The average Bonchev–Trinajstić information content (AvgIpc) is 2.32. The predicted octanol–water partition coefficient (Wildman–Crippen LogP) is 3.32. The third kappa shape index (κ3) is 2.99. The standard InChI is InChI=1S/C14H13ClO2/c15-11-7-5-10(6-8-11)9-14(17)12-3-1-2-4-13(12)16/h1-8,14,16-17H,9H2/t14-/m0/s1. The second-order valence-electron chi connectivity index (χ2n) is 3.91. The van der Waals surface area contributed by atoms with Gasteiger partial charge in [-0.15, -0.1) is 0 Å². The second-order valence-corrected chi connectivity index (χ2v) is 4.34. The Labute approximate surface area is 105 Å². The summed E-state index contributed by atoms with van der Waals surface area (Å²) in [5.41, 5.74) is 1.52. The Kier molecular flexibility index (Phi) is 3.67. The number of halogens is 1. The quantitative estimate of drug-likeness (QED) is 0.875. The molecule has 0 radical (unpaired) electrons. The number of phenols is 1. The van der Waals surface area contributed by atoms with Crippen LogP contribution in [0.2, 0.25) is 5.02 Å². The first-order valence-electron chi connectivity index (χ1n) is 5.37. The number of rotatable bonds is 3. The molecule has 0 spiro atoms. The van der Waals surface area contributed by atoms with Crippen LogP contribution in [0.25, 0.3) is 0 Å². The molecule has 17 heavy (non-hydrogen) atoms. The van der Waals surface area contributed by atoms with Crippen LogP contribution < -0.4 is 0 Å². The van der Waals surface area contributed by atoms with E-state index in [-0.39, 0.29) is 5.75 Å². The molecule has 0 aromatic heterocycles. The van der Waals surface area contributed by atoms with Crippen LogP contribution in [-0.2, 0) is 6.42 Å². The number of hydrogen-bond acceptors (Lipinski definition) is 2. The van der Waals surface area contributed by atoms with E-state index < -0.39 is 6.10 Å². The summed E-state index contributed by atoms with van der Waals surface area (Å²) >= 11 is 5.79. The molecule has 2 aromatic carbocycles. The predicted molar refractivity (Wildman–Crippen MR) is 68.2 cm³/mol. The highest BCUT2D eigenvalue weighted by atomic mass is 35.5. The Morgan fingerprint density at radius 2 is 1.65 bits per heavy atom. The summed E-state index contributed by atoms with van der Waals surface area (Å²) in [6.45, 7) is 0. The van der Waals surface area contributed by atoms with E-state index in [1.165, 1.54) is 0 Å². The zero-order valence-electron chi connectivity index (χ0n) is 9.18. The lowest BCUT2D eigenvalue weighted by Gasteiger charge is -2.12. The number of aliphatic hydroxyl groups excluding tert-OH is 1. The molecule has 0 aliphatic carbocycles. The maximum atomic E-state index is 10.0. The fourth-order valence-electron chi connectivity index (χ4n) is 1.72. The Morgan fingerprint density at radius 3 is 2.29 bits per heavy atom. The third-order valence-corrected chi connectivity index (χ3v) is 2.89. The van der Waals surface area contributed by atoms with Crippen LogP contribution in [0.3, 0.4) is 0 Å². The molecule has 0 bridgehead atoms. The molecule has 0 fully saturated rings. The van der Waals surface area contributed by atoms with Crippen LogP contribution in [0.15, 0.2) is 48.5 Å². The van der Waals surface area contributed by atoms with E-state index in [4.69, 9.17) is 11.6 Å². The number of phenolic OH excluding ortho intramolecular Hbond substituents is 1. The summed E-state index contributed by atoms with van der Waals surface area (Å²) in [5, 5.41) is 20.3. The van der Waals surface area contributed by atoms with Crippen LogP contribution in [0.1, 0.15) is 17.2 Å². The molecule has 0 saturated heterocycles. The number of aromatic hydroxyl groups is 1. The van der Waals surface area contributed by atoms with Crippen LogP contribution in [0.4, 0.5) is 0 Å². The van der Waals surface area contributed by atoms with Crippen LogP contribution in [-0.4, -0.2) is 10.2 Å². The van der Waals surface area contributed by atoms with Crippen molar-refractivity contribution in [2.45, 2.75) is 12.5 Å². The highest BCUT2D eigenvalue weighted by Crippen LogP contribution is 2.26. The minimum atomic E-state index is -0.711. The molecule has 0 unspecified atom stereocenters. The largest absolute Gasteiger partial charge is 0.508 e. The van der Waals surface area contributed by atoms with Gasteiger partial charge in [-0.25, -0.2) is 0 Å². The molecule has 0 amide bonds. The van der Waals surface area contributed by atoms with Gasteiger partial charge in [-0.1, -0.05) is 41.9 Å². The molecule has 88 valence electrons. The van der Waals surface area contributed by atoms with Crippen molar-refractivity contribution in [3.05, 3.63) is 64.7 Å². The minimum absolute atomic E-state index is 0.119. The molecule has 2 rings (SSSR count). The topological polar surface area (TPSA) is 40.5 Å². The first kappa shape index (κ1) is 12.0. The molecule has 1 atom stereocenters. The lowest BCUT2D eigenvalue weighted by molar-refractivity contribution is 0.174. The zero-order valence-corrected chi connectivity index (χ0v) is 9.93. The highest BCUT2D eigenvalue weighted by Gasteiger charge is 2.12. The fraction of sp³-hybridized carbons (Fsp3) is 0.143. The molecule has 2 aromatic rings. The van der Waals surface area contributed by atoms with Gasteiger partial charge in [-0.3, -0.25) is 0 Å². The maximum Gasteiger partial charge on any atom is 0.121 e. The summed E-state index contributed by atoms with van der Waals surface area (Å²) in [4.78, 5) is 0. The molecule has 2 nitrogen and oxygen atoms in total. The number of benzene rings is 2. The lowest BCUT2D eigenvalue weighted by atomic mass is 10.0. The molecular weight excluding hydrogens is 236 g/mol. The first-order chi connectivity index (χ1) is 8.16. The normalized spacial score (nSPS) is 12.4. The Hall–Kier alpha value is -1.51. The van der Waals surface area contributed by atoms with Crippen LogP contribution in [0.5, 0.6) is 5.75 Å². The van der Waals surface area contributed by atoms with Gasteiger partial charge in [0.1, 0.15) is 5.75 Å². The maximum absolute atomic E-state index is 10.0. The van der Waals surface area contributed by atoms with Crippen molar-refractivity contribution in [1.29, 1.82) is 0 Å². The van der Waals surface area contributed by atoms with Gasteiger partial charge in [0.2, 0.25) is 0 Å². The van der Waals surface area contributed by atoms with Gasteiger partial charge >= 0.3 is 0 Å². The van der Waals surface area contributed by atoms with Gasteiger partial charge < -0.3 is 10.2 Å². The molecule has 2 N–H and O–H groups in total. The highest BCUT2D eigenvalue weighted by molar-refractivity contribution is 6.30. The Bertz CT molecular complexity index is 494. The third-order valence-electron chi connectivity index (χ3n) is 2.64. The van der Waals surface area contributed by atoms with Gasteiger partial charge in [0.05, 0.1) is 6.10 Å². The van der Waals surface area contributed by atoms with Gasteiger partial charge in [0, 0.05) is 17.0 Å². The first-order valence-corrected chi connectivity index (χ1v) is 5.75. The van der Waals surface area contributed by atoms with Gasteiger partial charge in [-0.05, 0) is 23.8 Å². The Morgan fingerprint density at radius 1 is 1.00 bits per heavy atom. The summed E-state index contributed by atoms with van der Waals surface area (Å²) in [7, 11) is 0. The number of aliphatic hydroxyl groups is 1. The van der Waals surface area contributed by atoms with E-state index >= 15 is 0 Å². The monoisotopic (exact) mass is 248 g/mol. The van der Waals surface area contributed by atoms with E-state index in [2.05, 4.69) is 0 Å². The average molecular weight is 249 g/mol. The van der Waals surface area contributed by atoms with E-state index in [1.54, 1.807) is 36.4 Å². The molecule has 0 saturated carbocycles. The number of para-hydroxylation sites is 1. The Balaban J connectivity index is 2.14. The van der Waals surface area contributed by atoms with Crippen molar-refractivity contribution in [2.75, 3.05) is 0 Å². The van der Waals surface area contributed by atoms with Crippen LogP contribution >= 0.6 is 11.6 Å². The smallest absolute Gasteiger partial charge is 0.121 e. The SMILES string of the molecule is Oc1ccccc1[C@@H](O)Cc1ccc(Cl)cc1. The summed E-state index contributed by atoms with van der Waals surface area (Å²) in [5.74, 6) is 0.119. The van der Waals surface area contributed by atoms with Gasteiger partial charge in [0.15, 0.2) is 0 Å².